The minimum atomic E-state index is -0.344. The van der Waals surface area contributed by atoms with Crippen molar-refractivity contribution < 1.29 is 4.39 Å². The third-order valence-corrected chi connectivity index (χ3v) is 2.32. The highest BCUT2D eigenvalue weighted by molar-refractivity contribution is 5.41. The SMILES string of the molecule is C#CC(C)Cc1cc(C)c(F)cc1C#N. The highest BCUT2D eigenvalue weighted by Crippen LogP contribution is 2.18. The summed E-state index contributed by atoms with van der Waals surface area (Å²) in [5.41, 5.74) is 1.75. The van der Waals surface area contributed by atoms with Gasteiger partial charge in [-0.2, -0.15) is 5.26 Å². The Kier molecular flexibility index (Phi) is 3.47. The van der Waals surface area contributed by atoms with Crippen LogP contribution in [-0.4, -0.2) is 0 Å². The molecule has 1 aromatic carbocycles. The quantitative estimate of drug-likeness (QED) is 0.675. The zero-order valence-electron chi connectivity index (χ0n) is 8.84. The van der Waals surface area contributed by atoms with Crippen LogP contribution in [0.4, 0.5) is 4.39 Å². The maximum Gasteiger partial charge on any atom is 0.127 e. The summed E-state index contributed by atoms with van der Waals surface area (Å²) in [6.45, 7) is 3.58. The van der Waals surface area contributed by atoms with Gasteiger partial charge in [0.1, 0.15) is 5.82 Å². The van der Waals surface area contributed by atoms with E-state index >= 15 is 0 Å². The average molecular weight is 201 g/mol. The third kappa shape index (κ3) is 2.58. The maximum atomic E-state index is 13.2. The molecule has 76 valence electrons. The minimum Gasteiger partial charge on any atom is -0.207 e. The Bertz CT molecular complexity index is 449. The summed E-state index contributed by atoms with van der Waals surface area (Å²) in [6, 6.07) is 4.95. The molecule has 0 N–H and O–H groups in total. The van der Waals surface area contributed by atoms with Gasteiger partial charge in [-0.1, -0.05) is 13.0 Å². The Morgan fingerprint density at radius 3 is 2.73 bits per heavy atom. The monoisotopic (exact) mass is 201 g/mol. The fraction of sp³-hybridized carbons (Fsp3) is 0.308. The summed E-state index contributed by atoms with van der Waals surface area (Å²) in [6.07, 6.45) is 5.88. The number of aryl methyl sites for hydroxylation is 1. The van der Waals surface area contributed by atoms with E-state index in [1.807, 2.05) is 13.0 Å². The molecule has 0 aliphatic rings. The molecule has 1 rings (SSSR count). The molecule has 15 heavy (non-hydrogen) atoms. The first-order chi connectivity index (χ1) is 7.08. The van der Waals surface area contributed by atoms with Crippen LogP contribution >= 0.6 is 0 Å². The van der Waals surface area contributed by atoms with Gasteiger partial charge in [-0.3, -0.25) is 0 Å². The van der Waals surface area contributed by atoms with E-state index in [1.165, 1.54) is 6.07 Å². The van der Waals surface area contributed by atoms with Crippen molar-refractivity contribution in [3.05, 3.63) is 34.6 Å². The molecule has 0 saturated heterocycles. The lowest BCUT2D eigenvalue weighted by Crippen LogP contribution is -2.01. The largest absolute Gasteiger partial charge is 0.207 e. The van der Waals surface area contributed by atoms with E-state index in [-0.39, 0.29) is 11.7 Å². The van der Waals surface area contributed by atoms with Crippen LogP contribution in [0.25, 0.3) is 0 Å². The number of rotatable bonds is 2. The van der Waals surface area contributed by atoms with Crippen molar-refractivity contribution in [3.8, 4) is 18.4 Å². The van der Waals surface area contributed by atoms with Crippen LogP contribution in [0.15, 0.2) is 12.1 Å². The predicted octanol–water partition coefficient (Wildman–Crippen LogP) is 2.82. The number of benzene rings is 1. The summed E-state index contributed by atoms with van der Waals surface area (Å²) in [7, 11) is 0. The van der Waals surface area contributed by atoms with Crippen LogP contribution in [0.1, 0.15) is 23.6 Å². The van der Waals surface area contributed by atoms with Gasteiger partial charge in [-0.05, 0) is 30.5 Å². The first-order valence-electron chi connectivity index (χ1n) is 4.73. The predicted molar refractivity (Wildman–Crippen MR) is 57.6 cm³/mol. The van der Waals surface area contributed by atoms with Crippen LogP contribution in [0.5, 0.6) is 0 Å². The van der Waals surface area contributed by atoms with Crippen molar-refractivity contribution in [2.75, 3.05) is 0 Å². The van der Waals surface area contributed by atoms with Crippen LogP contribution < -0.4 is 0 Å². The Morgan fingerprint density at radius 1 is 1.53 bits per heavy atom. The summed E-state index contributed by atoms with van der Waals surface area (Å²) in [5.74, 6) is 2.31. The molecule has 0 radical (unpaired) electrons. The van der Waals surface area contributed by atoms with Crippen molar-refractivity contribution in [2.45, 2.75) is 20.3 Å². The van der Waals surface area contributed by atoms with Gasteiger partial charge in [0, 0.05) is 5.92 Å². The van der Waals surface area contributed by atoms with Crippen molar-refractivity contribution in [3.63, 3.8) is 0 Å². The number of halogens is 1. The van der Waals surface area contributed by atoms with Crippen LogP contribution in [-0.2, 0) is 6.42 Å². The lowest BCUT2D eigenvalue weighted by molar-refractivity contribution is 0.615. The smallest absolute Gasteiger partial charge is 0.127 e. The van der Waals surface area contributed by atoms with Crippen molar-refractivity contribution in [1.82, 2.24) is 0 Å². The van der Waals surface area contributed by atoms with Crippen molar-refractivity contribution in [1.29, 1.82) is 5.26 Å². The zero-order chi connectivity index (χ0) is 11.4. The van der Waals surface area contributed by atoms with Crippen LogP contribution in [0.2, 0.25) is 0 Å². The Hall–Kier alpha value is -1.80. The molecule has 1 atom stereocenters. The molecule has 1 unspecified atom stereocenters. The van der Waals surface area contributed by atoms with E-state index < -0.39 is 0 Å². The minimum absolute atomic E-state index is 0.0574. The second kappa shape index (κ2) is 4.62. The Morgan fingerprint density at radius 2 is 2.20 bits per heavy atom. The van der Waals surface area contributed by atoms with Gasteiger partial charge < -0.3 is 0 Å². The first kappa shape index (κ1) is 11.3. The number of hydrogen-bond acceptors (Lipinski definition) is 1. The zero-order valence-corrected chi connectivity index (χ0v) is 8.84. The molecule has 0 aliphatic heterocycles. The highest BCUT2D eigenvalue weighted by Gasteiger charge is 2.09. The van der Waals surface area contributed by atoms with E-state index in [2.05, 4.69) is 5.92 Å². The van der Waals surface area contributed by atoms with Gasteiger partial charge in [0.25, 0.3) is 0 Å². The van der Waals surface area contributed by atoms with Gasteiger partial charge >= 0.3 is 0 Å². The fourth-order valence-electron chi connectivity index (χ4n) is 1.40. The number of nitrogens with zero attached hydrogens (tertiary/aromatic N) is 1. The van der Waals surface area contributed by atoms with Gasteiger partial charge in [0.05, 0.1) is 11.6 Å². The number of hydrogen-bond donors (Lipinski definition) is 0. The average Bonchev–Trinajstić information content (AvgIpc) is 2.22. The lowest BCUT2D eigenvalue weighted by Gasteiger charge is -2.08. The molecule has 0 amide bonds. The fourth-order valence-corrected chi connectivity index (χ4v) is 1.40. The second-order valence-electron chi connectivity index (χ2n) is 3.64. The molecular weight excluding hydrogens is 189 g/mol. The van der Waals surface area contributed by atoms with E-state index in [0.717, 1.165) is 5.56 Å². The molecule has 0 saturated carbocycles. The summed E-state index contributed by atoms with van der Waals surface area (Å²) >= 11 is 0. The summed E-state index contributed by atoms with van der Waals surface area (Å²) in [4.78, 5) is 0. The maximum absolute atomic E-state index is 13.2. The van der Waals surface area contributed by atoms with E-state index in [4.69, 9.17) is 11.7 Å². The van der Waals surface area contributed by atoms with Gasteiger partial charge in [0.2, 0.25) is 0 Å². The molecule has 0 fully saturated rings. The molecular formula is C13H12FN. The molecule has 0 bridgehead atoms. The number of terminal acetylenes is 1. The van der Waals surface area contributed by atoms with Crippen LogP contribution in [0, 0.1) is 42.3 Å². The summed E-state index contributed by atoms with van der Waals surface area (Å²) < 4.78 is 13.2. The Labute approximate surface area is 89.5 Å². The van der Waals surface area contributed by atoms with Gasteiger partial charge in [-0.15, -0.1) is 12.3 Å². The number of nitriles is 1. The van der Waals surface area contributed by atoms with Crippen LogP contribution in [0.3, 0.4) is 0 Å². The summed E-state index contributed by atoms with van der Waals surface area (Å²) in [5, 5.41) is 8.85. The Balaban J connectivity index is 3.13. The standard InChI is InChI=1S/C13H12FN/c1-4-9(2)5-11-6-10(3)13(14)7-12(11)8-15/h1,6-7,9H,5H2,2-3H3. The highest BCUT2D eigenvalue weighted by atomic mass is 19.1. The molecule has 0 aliphatic carbocycles. The van der Waals surface area contributed by atoms with E-state index in [0.29, 0.717) is 17.5 Å². The third-order valence-electron chi connectivity index (χ3n) is 2.32. The molecule has 0 spiro atoms. The molecule has 2 heteroatoms. The van der Waals surface area contributed by atoms with Crippen molar-refractivity contribution >= 4 is 0 Å². The van der Waals surface area contributed by atoms with Gasteiger partial charge in [0.15, 0.2) is 0 Å². The first-order valence-corrected chi connectivity index (χ1v) is 4.73. The van der Waals surface area contributed by atoms with Crippen molar-refractivity contribution in [2.24, 2.45) is 5.92 Å². The lowest BCUT2D eigenvalue weighted by atomic mass is 9.96. The van der Waals surface area contributed by atoms with E-state index in [1.54, 1.807) is 13.0 Å². The molecule has 1 aromatic rings. The molecule has 0 aromatic heterocycles. The van der Waals surface area contributed by atoms with Gasteiger partial charge in [-0.25, -0.2) is 4.39 Å². The second-order valence-corrected chi connectivity index (χ2v) is 3.64. The molecule has 1 nitrogen and oxygen atoms in total. The normalized spacial score (nSPS) is 11.5. The van der Waals surface area contributed by atoms with E-state index in [9.17, 15) is 4.39 Å². The molecule has 0 heterocycles. The topological polar surface area (TPSA) is 23.8 Å².